The van der Waals surface area contributed by atoms with Crippen LogP contribution in [0.15, 0.2) is 0 Å². The Morgan fingerprint density at radius 2 is 1.85 bits per heavy atom. The van der Waals surface area contributed by atoms with E-state index in [0.717, 1.165) is 17.3 Å². The summed E-state index contributed by atoms with van der Waals surface area (Å²) < 4.78 is 0. The summed E-state index contributed by atoms with van der Waals surface area (Å²) in [5, 5.41) is 0. The molecule has 2 rings (SSSR count). The summed E-state index contributed by atoms with van der Waals surface area (Å²) in [4.78, 5) is 0. The Morgan fingerprint density at radius 1 is 1.15 bits per heavy atom. The Bertz CT molecular complexity index is 161. The molecule has 0 saturated heterocycles. The van der Waals surface area contributed by atoms with Crippen molar-refractivity contribution in [2.24, 2.45) is 17.3 Å². The van der Waals surface area contributed by atoms with Gasteiger partial charge in [0.05, 0.1) is 0 Å². The molecule has 0 atom stereocenters. The summed E-state index contributed by atoms with van der Waals surface area (Å²) in [6, 6.07) is 0. The van der Waals surface area contributed by atoms with Crippen LogP contribution in [0.4, 0.5) is 0 Å². The molecule has 2 aliphatic rings. The van der Waals surface area contributed by atoms with Crippen LogP contribution >= 0.6 is 0 Å². The second-order valence-electron chi connectivity index (χ2n) is 5.71. The van der Waals surface area contributed by atoms with E-state index in [1.807, 2.05) is 0 Å². The van der Waals surface area contributed by atoms with Gasteiger partial charge < -0.3 is 0 Å². The van der Waals surface area contributed by atoms with E-state index in [4.69, 9.17) is 0 Å². The quantitative estimate of drug-likeness (QED) is 0.532. The topological polar surface area (TPSA) is 0 Å². The van der Waals surface area contributed by atoms with Crippen molar-refractivity contribution in [3.63, 3.8) is 0 Å². The maximum Gasteiger partial charge on any atom is -0.0274 e. The summed E-state index contributed by atoms with van der Waals surface area (Å²) >= 11 is 0. The molecule has 0 spiro atoms. The van der Waals surface area contributed by atoms with Gasteiger partial charge in [-0.2, -0.15) is 0 Å². The smallest absolute Gasteiger partial charge is 0.0274 e. The van der Waals surface area contributed by atoms with E-state index in [9.17, 15) is 0 Å². The molecule has 0 heterocycles. The van der Waals surface area contributed by atoms with Gasteiger partial charge in [-0.1, -0.05) is 46.0 Å². The van der Waals surface area contributed by atoms with Crippen LogP contribution in [0.25, 0.3) is 0 Å². The highest BCUT2D eigenvalue weighted by molar-refractivity contribution is 4.95. The van der Waals surface area contributed by atoms with Crippen molar-refractivity contribution in [1.29, 1.82) is 0 Å². The fourth-order valence-electron chi connectivity index (χ4n) is 2.59. The van der Waals surface area contributed by atoms with Gasteiger partial charge in [-0.25, -0.2) is 0 Å². The first-order valence-electron chi connectivity index (χ1n) is 6.23. The largest absolute Gasteiger partial charge is 0.0622 e. The summed E-state index contributed by atoms with van der Waals surface area (Å²) in [6.07, 6.45) is 12.2. The van der Waals surface area contributed by atoms with Gasteiger partial charge in [0.1, 0.15) is 0 Å². The van der Waals surface area contributed by atoms with E-state index < -0.39 is 0 Å². The monoisotopic (exact) mass is 180 g/mol. The number of hydrogen-bond donors (Lipinski definition) is 0. The van der Waals surface area contributed by atoms with Crippen molar-refractivity contribution in [3.05, 3.63) is 0 Å². The van der Waals surface area contributed by atoms with Crippen LogP contribution in [0.1, 0.15) is 65.2 Å². The third-order valence-electron chi connectivity index (χ3n) is 4.35. The lowest BCUT2D eigenvalue weighted by molar-refractivity contribution is 0.319. The molecule has 2 aliphatic carbocycles. The molecule has 0 aromatic heterocycles. The van der Waals surface area contributed by atoms with Crippen LogP contribution in [0.3, 0.4) is 0 Å². The molecule has 0 bridgehead atoms. The van der Waals surface area contributed by atoms with Gasteiger partial charge in [0, 0.05) is 0 Å². The minimum atomic E-state index is 0.809. The van der Waals surface area contributed by atoms with Crippen molar-refractivity contribution in [1.82, 2.24) is 0 Å². The fourth-order valence-corrected chi connectivity index (χ4v) is 2.59. The summed E-state index contributed by atoms with van der Waals surface area (Å²) in [5.41, 5.74) is 0.809. The van der Waals surface area contributed by atoms with Crippen molar-refractivity contribution >= 4 is 0 Å². The maximum absolute atomic E-state index is 2.41. The molecule has 0 nitrogen and oxygen atoms in total. The van der Waals surface area contributed by atoms with Gasteiger partial charge in [0.2, 0.25) is 0 Å². The molecule has 0 heteroatoms. The van der Waals surface area contributed by atoms with Gasteiger partial charge in [0.25, 0.3) is 0 Å². The van der Waals surface area contributed by atoms with Crippen molar-refractivity contribution in [3.8, 4) is 0 Å². The molecule has 0 radical (unpaired) electrons. The lowest BCUT2D eigenvalue weighted by Crippen LogP contribution is -2.08. The van der Waals surface area contributed by atoms with Crippen LogP contribution in [0, 0.1) is 17.3 Å². The Morgan fingerprint density at radius 3 is 2.31 bits per heavy atom. The van der Waals surface area contributed by atoms with E-state index >= 15 is 0 Å². The maximum atomic E-state index is 2.41. The zero-order valence-corrected chi connectivity index (χ0v) is 9.31. The van der Waals surface area contributed by atoms with Gasteiger partial charge in [-0.15, -0.1) is 0 Å². The number of rotatable bonds is 6. The Balaban J connectivity index is 1.56. The van der Waals surface area contributed by atoms with E-state index in [1.165, 1.54) is 51.4 Å². The zero-order chi connectivity index (χ0) is 9.31. The van der Waals surface area contributed by atoms with Gasteiger partial charge in [0.15, 0.2) is 0 Å². The second-order valence-corrected chi connectivity index (χ2v) is 5.71. The number of unbranched alkanes of at least 4 members (excludes halogenated alkanes) is 1. The average molecular weight is 180 g/mol. The van der Waals surface area contributed by atoms with Crippen molar-refractivity contribution in [2.45, 2.75) is 65.2 Å². The fraction of sp³-hybridized carbons (Fsp3) is 1.00. The van der Waals surface area contributed by atoms with E-state index in [1.54, 1.807) is 0 Å². The van der Waals surface area contributed by atoms with Gasteiger partial charge in [-0.05, 0) is 36.5 Å². The van der Waals surface area contributed by atoms with Crippen molar-refractivity contribution in [2.75, 3.05) is 0 Å². The van der Waals surface area contributed by atoms with Gasteiger partial charge in [-0.3, -0.25) is 0 Å². The average Bonchev–Trinajstić information content (AvgIpc) is 2.95. The third kappa shape index (κ3) is 2.48. The molecule has 2 saturated carbocycles. The molecule has 0 amide bonds. The van der Waals surface area contributed by atoms with Crippen LogP contribution in [0.2, 0.25) is 0 Å². The highest BCUT2D eigenvalue weighted by Gasteiger charge is 2.44. The SMILES string of the molecule is CC(C)C1(CCCCC2CC2)CC1. The first-order chi connectivity index (χ1) is 6.23. The second kappa shape index (κ2) is 3.63. The third-order valence-corrected chi connectivity index (χ3v) is 4.35. The summed E-state index contributed by atoms with van der Waals surface area (Å²) in [6.45, 7) is 4.82. The zero-order valence-electron chi connectivity index (χ0n) is 9.31. The molecule has 76 valence electrons. The standard InChI is InChI=1S/C13H24/c1-11(2)13(9-10-13)8-4-3-5-12-6-7-12/h11-12H,3-10H2,1-2H3. The molecule has 0 aliphatic heterocycles. The molecule has 0 aromatic rings. The molecule has 0 aromatic carbocycles. The van der Waals surface area contributed by atoms with E-state index in [0.29, 0.717) is 0 Å². The van der Waals surface area contributed by atoms with Crippen molar-refractivity contribution < 1.29 is 0 Å². The first-order valence-corrected chi connectivity index (χ1v) is 6.23. The highest BCUT2D eigenvalue weighted by atomic mass is 14.5. The molecular weight excluding hydrogens is 156 g/mol. The summed E-state index contributed by atoms with van der Waals surface area (Å²) in [7, 11) is 0. The lowest BCUT2D eigenvalue weighted by Gasteiger charge is -2.19. The molecule has 13 heavy (non-hydrogen) atoms. The predicted molar refractivity (Wildman–Crippen MR) is 57.7 cm³/mol. The minimum Gasteiger partial charge on any atom is -0.0622 e. The van der Waals surface area contributed by atoms with E-state index in [2.05, 4.69) is 13.8 Å². The molecule has 0 N–H and O–H groups in total. The normalized spacial score (nSPS) is 25.2. The summed E-state index contributed by atoms with van der Waals surface area (Å²) in [5.74, 6) is 2.09. The van der Waals surface area contributed by atoms with Crippen LogP contribution in [-0.4, -0.2) is 0 Å². The van der Waals surface area contributed by atoms with Crippen LogP contribution in [0.5, 0.6) is 0 Å². The molecular formula is C13H24. The first kappa shape index (κ1) is 9.55. The molecule has 2 fully saturated rings. The van der Waals surface area contributed by atoms with Gasteiger partial charge >= 0.3 is 0 Å². The highest BCUT2D eigenvalue weighted by Crippen LogP contribution is 2.55. The number of hydrogen-bond acceptors (Lipinski definition) is 0. The predicted octanol–water partition coefficient (Wildman–Crippen LogP) is 4.39. The minimum absolute atomic E-state index is 0.809. The Hall–Kier alpha value is 0. The van der Waals surface area contributed by atoms with E-state index in [-0.39, 0.29) is 0 Å². The van der Waals surface area contributed by atoms with Crippen LogP contribution < -0.4 is 0 Å². The van der Waals surface area contributed by atoms with Crippen LogP contribution in [-0.2, 0) is 0 Å². The Kier molecular flexibility index (Phi) is 2.67. The Labute approximate surface area is 83.1 Å². The molecule has 0 unspecified atom stereocenters. The lowest BCUT2D eigenvalue weighted by atomic mass is 9.87.